The van der Waals surface area contributed by atoms with E-state index in [-0.39, 0.29) is 5.97 Å². The zero-order valence-corrected chi connectivity index (χ0v) is 23.8. The molecule has 34 heavy (non-hydrogen) atoms. The van der Waals surface area contributed by atoms with Crippen LogP contribution in [-0.4, -0.2) is 38.1 Å². The lowest BCUT2D eigenvalue weighted by molar-refractivity contribution is -0.140. The standard InChI is InChI=1S/C31H61NO2/c1-5-6-7-8-18-21-24-27-30(32(2)3)28-25-22-19-16-14-12-10-9-11-13-15-17-20-23-26-29-31(33)34-4/h10,12,30H,5-9,11,13-29H2,1-4H3. The summed E-state index contributed by atoms with van der Waals surface area (Å²) in [5, 5.41) is 0. The largest absolute Gasteiger partial charge is 0.469 e. The molecule has 0 aromatic heterocycles. The van der Waals surface area contributed by atoms with Crippen LogP contribution in [0.15, 0.2) is 12.2 Å². The van der Waals surface area contributed by atoms with Crippen molar-refractivity contribution in [2.75, 3.05) is 21.2 Å². The van der Waals surface area contributed by atoms with Crippen LogP contribution in [0, 0.1) is 0 Å². The van der Waals surface area contributed by atoms with Crippen molar-refractivity contribution < 1.29 is 9.53 Å². The Morgan fingerprint density at radius 3 is 1.50 bits per heavy atom. The van der Waals surface area contributed by atoms with Crippen LogP contribution in [0.25, 0.3) is 0 Å². The molecule has 1 atom stereocenters. The normalized spacial score (nSPS) is 12.6. The molecular weight excluding hydrogens is 418 g/mol. The summed E-state index contributed by atoms with van der Waals surface area (Å²) in [6, 6.07) is 0.787. The van der Waals surface area contributed by atoms with E-state index >= 15 is 0 Å². The van der Waals surface area contributed by atoms with Gasteiger partial charge < -0.3 is 9.64 Å². The Morgan fingerprint density at radius 2 is 1.06 bits per heavy atom. The van der Waals surface area contributed by atoms with Crippen LogP contribution in [-0.2, 0) is 9.53 Å². The topological polar surface area (TPSA) is 29.5 Å². The SMILES string of the molecule is CCCCCCCCCC(CCCCCCC=CCCCCCCCCCC(=O)OC)N(C)C. The molecule has 0 aliphatic carbocycles. The number of rotatable bonds is 26. The van der Waals surface area contributed by atoms with E-state index in [9.17, 15) is 4.79 Å². The van der Waals surface area contributed by atoms with Crippen molar-refractivity contribution in [1.82, 2.24) is 4.90 Å². The lowest BCUT2D eigenvalue weighted by Gasteiger charge is -2.24. The van der Waals surface area contributed by atoms with Crippen LogP contribution < -0.4 is 0 Å². The number of unbranched alkanes of at least 4 members (excludes halogenated alkanes) is 17. The highest BCUT2D eigenvalue weighted by Gasteiger charge is 2.10. The first kappa shape index (κ1) is 33.2. The van der Waals surface area contributed by atoms with Crippen LogP contribution in [0.4, 0.5) is 0 Å². The molecule has 3 nitrogen and oxygen atoms in total. The van der Waals surface area contributed by atoms with Gasteiger partial charge >= 0.3 is 5.97 Å². The summed E-state index contributed by atoms with van der Waals surface area (Å²) in [6.07, 6.45) is 34.8. The van der Waals surface area contributed by atoms with Gasteiger partial charge in [0.2, 0.25) is 0 Å². The Morgan fingerprint density at radius 1 is 0.647 bits per heavy atom. The first-order chi connectivity index (χ1) is 16.6. The first-order valence-corrected chi connectivity index (χ1v) is 15.0. The maximum Gasteiger partial charge on any atom is 0.305 e. The molecule has 0 amide bonds. The van der Waals surface area contributed by atoms with Crippen LogP contribution in [0.2, 0.25) is 0 Å². The Hall–Kier alpha value is -0.830. The van der Waals surface area contributed by atoms with E-state index in [2.05, 4.69) is 42.8 Å². The van der Waals surface area contributed by atoms with Gasteiger partial charge in [-0.3, -0.25) is 4.79 Å². The molecule has 1 unspecified atom stereocenters. The third-order valence-corrected chi connectivity index (χ3v) is 7.18. The van der Waals surface area contributed by atoms with Crippen molar-refractivity contribution in [3.8, 4) is 0 Å². The molecule has 0 N–H and O–H groups in total. The zero-order valence-electron chi connectivity index (χ0n) is 23.8. The van der Waals surface area contributed by atoms with Gasteiger partial charge in [-0.05, 0) is 59.0 Å². The number of allylic oxidation sites excluding steroid dienone is 2. The van der Waals surface area contributed by atoms with E-state index in [1.165, 1.54) is 136 Å². The summed E-state index contributed by atoms with van der Waals surface area (Å²) in [4.78, 5) is 13.5. The van der Waals surface area contributed by atoms with Crippen molar-refractivity contribution in [3.05, 3.63) is 12.2 Å². The summed E-state index contributed by atoms with van der Waals surface area (Å²) in [6.45, 7) is 2.30. The summed E-state index contributed by atoms with van der Waals surface area (Å²) in [5.41, 5.74) is 0. The lowest BCUT2D eigenvalue weighted by Crippen LogP contribution is -2.27. The quantitative estimate of drug-likeness (QED) is 0.0702. The number of carbonyl (C=O) groups is 1. The second-order valence-corrected chi connectivity index (χ2v) is 10.6. The van der Waals surface area contributed by atoms with Gasteiger partial charge in [0.25, 0.3) is 0 Å². The highest BCUT2D eigenvalue weighted by molar-refractivity contribution is 5.68. The van der Waals surface area contributed by atoms with E-state index in [1.807, 2.05) is 0 Å². The molecule has 0 saturated carbocycles. The minimum atomic E-state index is -0.0705. The fourth-order valence-electron chi connectivity index (χ4n) is 4.75. The monoisotopic (exact) mass is 479 g/mol. The van der Waals surface area contributed by atoms with Crippen molar-refractivity contribution in [1.29, 1.82) is 0 Å². The van der Waals surface area contributed by atoms with Crippen molar-refractivity contribution in [2.45, 2.75) is 161 Å². The predicted molar refractivity (Wildman–Crippen MR) is 150 cm³/mol. The molecule has 0 bridgehead atoms. The molecular formula is C31H61NO2. The molecule has 0 heterocycles. The van der Waals surface area contributed by atoms with Gasteiger partial charge in [-0.2, -0.15) is 0 Å². The maximum atomic E-state index is 11.0. The van der Waals surface area contributed by atoms with Crippen LogP contribution in [0.1, 0.15) is 155 Å². The smallest absolute Gasteiger partial charge is 0.305 e. The molecule has 0 spiro atoms. The highest BCUT2D eigenvalue weighted by Crippen LogP contribution is 2.17. The minimum absolute atomic E-state index is 0.0705. The first-order valence-electron chi connectivity index (χ1n) is 15.0. The fraction of sp³-hybridized carbons (Fsp3) is 0.903. The predicted octanol–water partition coefficient (Wildman–Crippen LogP) is 9.64. The Bertz CT molecular complexity index is 447. The average Bonchev–Trinajstić information content (AvgIpc) is 2.83. The van der Waals surface area contributed by atoms with Crippen molar-refractivity contribution in [2.24, 2.45) is 0 Å². The Kier molecular flexibility index (Phi) is 26.1. The summed E-state index contributed by atoms with van der Waals surface area (Å²) in [7, 11) is 6.01. The van der Waals surface area contributed by atoms with Gasteiger partial charge in [0.05, 0.1) is 7.11 Å². The van der Waals surface area contributed by atoms with Crippen LogP contribution in [0.3, 0.4) is 0 Å². The van der Waals surface area contributed by atoms with E-state index in [1.54, 1.807) is 0 Å². The van der Waals surface area contributed by atoms with Gasteiger partial charge in [0.1, 0.15) is 0 Å². The average molecular weight is 480 g/mol. The van der Waals surface area contributed by atoms with Gasteiger partial charge in [0, 0.05) is 12.5 Å². The number of ether oxygens (including phenoxy) is 1. The number of hydrogen-bond donors (Lipinski definition) is 0. The molecule has 0 aromatic carbocycles. The van der Waals surface area contributed by atoms with E-state index in [4.69, 9.17) is 0 Å². The van der Waals surface area contributed by atoms with Gasteiger partial charge in [0.15, 0.2) is 0 Å². The molecule has 0 fully saturated rings. The summed E-state index contributed by atoms with van der Waals surface area (Å²) in [5.74, 6) is -0.0705. The Balaban J connectivity index is 3.43. The van der Waals surface area contributed by atoms with Gasteiger partial charge in [-0.25, -0.2) is 0 Å². The van der Waals surface area contributed by atoms with E-state index < -0.39 is 0 Å². The second-order valence-electron chi connectivity index (χ2n) is 10.6. The van der Waals surface area contributed by atoms with Gasteiger partial charge in [-0.15, -0.1) is 0 Å². The maximum absolute atomic E-state index is 11.0. The van der Waals surface area contributed by atoms with Crippen molar-refractivity contribution in [3.63, 3.8) is 0 Å². The van der Waals surface area contributed by atoms with E-state index in [0.29, 0.717) is 6.42 Å². The molecule has 0 aliphatic rings. The van der Waals surface area contributed by atoms with E-state index in [0.717, 1.165) is 18.9 Å². The number of methoxy groups -OCH3 is 1. The third kappa shape index (κ3) is 24.3. The van der Waals surface area contributed by atoms with Crippen LogP contribution in [0.5, 0.6) is 0 Å². The molecule has 0 aromatic rings. The molecule has 0 radical (unpaired) electrons. The van der Waals surface area contributed by atoms with Crippen molar-refractivity contribution >= 4 is 5.97 Å². The van der Waals surface area contributed by atoms with Crippen LogP contribution >= 0.6 is 0 Å². The summed E-state index contributed by atoms with van der Waals surface area (Å²) >= 11 is 0. The molecule has 0 aliphatic heterocycles. The fourth-order valence-corrected chi connectivity index (χ4v) is 4.75. The second kappa shape index (κ2) is 26.8. The number of esters is 1. The molecule has 202 valence electrons. The minimum Gasteiger partial charge on any atom is -0.469 e. The lowest BCUT2D eigenvalue weighted by atomic mass is 9.99. The zero-order chi connectivity index (χ0) is 25.1. The number of nitrogens with zero attached hydrogens (tertiary/aromatic N) is 1. The molecule has 0 saturated heterocycles. The Labute approximate surface area is 214 Å². The number of hydrogen-bond acceptors (Lipinski definition) is 3. The van der Waals surface area contributed by atoms with Gasteiger partial charge in [-0.1, -0.05) is 115 Å². The molecule has 0 rings (SSSR count). The molecule has 3 heteroatoms. The third-order valence-electron chi connectivity index (χ3n) is 7.18. The number of carbonyl (C=O) groups excluding carboxylic acids is 1. The summed E-state index contributed by atoms with van der Waals surface area (Å²) < 4.78 is 4.67. The highest BCUT2D eigenvalue weighted by atomic mass is 16.5.